The van der Waals surface area contributed by atoms with E-state index in [-0.39, 0.29) is 29.6 Å². The zero-order chi connectivity index (χ0) is 14.1. The van der Waals surface area contributed by atoms with Crippen LogP contribution < -0.4 is 4.90 Å². The molecule has 1 heterocycles. The highest BCUT2D eigenvalue weighted by atomic mass is 127. The van der Waals surface area contributed by atoms with Gasteiger partial charge in [0.2, 0.25) is 11.8 Å². The molecule has 2 bridgehead atoms. The standard InChI is InChI=1S/C16H14INO2/c1-16-10-3-2-9(8-10)13(16)14(19)18(15(16)20)12-6-4-11(17)5-7-12/h2-7,9-10,13H,8H2,1H3/t9-,10-,13-,16-/m0/s1. The van der Waals surface area contributed by atoms with Crippen LogP contribution in [0.25, 0.3) is 0 Å². The van der Waals surface area contributed by atoms with E-state index in [4.69, 9.17) is 0 Å². The van der Waals surface area contributed by atoms with E-state index in [2.05, 4.69) is 34.7 Å². The summed E-state index contributed by atoms with van der Waals surface area (Å²) in [5.41, 5.74) is 0.176. The van der Waals surface area contributed by atoms with Gasteiger partial charge in [-0.2, -0.15) is 0 Å². The molecular weight excluding hydrogens is 365 g/mol. The average molecular weight is 379 g/mol. The van der Waals surface area contributed by atoms with Gasteiger partial charge in [0.15, 0.2) is 0 Å². The summed E-state index contributed by atoms with van der Waals surface area (Å²) in [6.45, 7) is 1.97. The Hall–Kier alpha value is -1.17. The molecule has 2 amide bonds. The number of rotatable bonds is 1. The summed E-state index contributed by atoms with van der Waals surface area (Å²) in [5, 5.41) is 0. The number of hydrogen-bond acceptors (Lipinski definition) is 2. The van der Waals surface area contributed by atoms with Crippen molar-refractivity contribution in [2.24, 2.45) is 23.2 Å². The van der Waals surface area contributed by atoms with Crippen molar-refractivity contribution in [3.8, 4) is 0 Å². The predicted molar refractivity (Wildman–Crippen MR) is 84.0 cm³/mol. The van der Waals surface area contributed by atoms with Crippen LogP contribution in [0.4, 0.5) is 5.69 Å². The number of benzene rings is 1. The van der Waals surface area contributed by atoms with Crippen LogP contribution in [0.5, 0.6) is 0 Å². The fourth-order valence-corrected chi connectivity index (χ4v) is 4.50. The molecule has 1 saturated heterocycles. The van der Waals surface area contributed by atoms with E-state index in [9.17, 15) is 9.59 Å². The summed E-state index contributed by atoms with van der Waals surface area (Å²) in [6, 6.07) is 7.58. The maximum Gasteiger partial charge on any atom is 0.241 e. The van der Waals surface area contributed by atoms with Crippen molar-refractivity contribution in [1.29, 1.82) is 0 Å². The zero-order valence-electron chi connectivity index (χ0n) is 11.0. The molecule has 1 aromatic rings. The van der Waals surface area contributed by atoms with Crippen LogP contribution in [-0.2, 0) is 9.59 Å². The molecule has 4 atom stereocenters. The second-order valence-corrected chi connectivity index (χ2v) is 7.35. The lowest BCUT2D eigenvalue weighted by atomic mass is 9.71. The molecule has 2 fully saturated rings. The van der Waals surface area contributed by atoms with E-state index in [0.717, 1.165) is 9.99 Å². The van der Waals surface area contributed by atoms with Crippen molar-refractivity contribution in [1.82, 2.24) is 0 Å². The van der Waals surface area contributed by atoms with Gasteiger partial charge in [0, 0.05) is 3.57 Å². The molecule has 102 valence electrons. The minimum absolute atomic E-state index is 0.0180. The number of halogens is 1. The maximum atomic E-state index is 12.9. The van der Waals surface area contributed by atoms with Gasteiger partial charge in [0.1, 0.15) is 0 Å². The van der Waals surface area contributed by atoms with Gasteiger partial charge in [-0.05, 0) is 72.0 Å². The molecule has 2 aliphatic carbocycles. The van der Waals surface area contributed by atoms with E-state index in [0.29, 0.717) is 5.69 Å². The van der Waals surface area contributed by atoms with Crippen molar-refractivity contribution >= 4 is 40.1 Å². The lowest BCUT2D eigenvalue weighted by Gasteiger charge is -2.28. The molecule has 1 saturated carbocycles. The van der Waals surface area contributed by atoms with Crippen molar-refractivity contribution in [2.45, 2.75) is 13.3 Å². The van der Waals surface area contributed by atoms with Crippen LogP contribution >= 0.6 is 22.6 Å². The number of carbonyl (C=O) groups excluding carboxylic acids is 2. The first-order valence-corrected chi connectivity index (χ1v) is 7.93. The monoisotopic (exact) mass is 379 g/mol. The van der Waals surface area contributed by atoms with E-state index < -0.39 is 5.41 Å². The molecule has 4 heteroatoms. The van der Waals surface area contributed by atoms with Crippen LogP contribution in [0.3, 0.4) is 0 Å². The second-order valence-electron chi connectivity index (χ2n) is 6.11. The molecule has 3 aliphatic rings. The number of nitrogens with zero attached hydrogens (tertiary/aromatic N) is 1. The van der Waals surface area contributed by atoms with Crippen molar-refractivity contribution in [2.75, 3.05) is 4.90 Å². The van der Waals surface area contributed by atoms with Gasteiger partial charge in [-0.1, -0.05) is 12.2 Å². The van der Waals surface area contributed by atoms with Crippen molar-refractivity contribution in [3.05, 3.63) is 40.0 Å². The van der Waals surface area contributed by atoms with E-state index in [1.54, 1.807) is 0 Å². The van der Waals surface area contributed by atoms with Crippen LogP contribution in [-0.4, -0.2) is 11.8 Å². The molecule has 0 aromatic heterocycles. The van der Waals surface area contributed by atoms with Gasteiger partial charge < -0.3 is 0 Å². The smallest absolute Gasteiger partial charge is 0.241 e. The highest BCUT2D eigenvalue weighted by Gasteiger charge is 2.67. The van der Waals surface area contributed by atoms with Gasteiger partial charge in [-0.15, -0.1) is 0 Å². The fraction of sp³-hybridized carbons (Fsp3) is 0.375. The quantitative estimate of drug-likeness (QED) is 0.428. The Labute approximate surface area is 131 Å². The SMILES string of the molecule is C[C@@]12C(=O)N(c3ccc(I)cc3)C(=O)[C@@H]1[C@H]1C=C[C@H]2C1. The molecule has 0 spiro atoms. The van der Waals surface area contributed by atoms with E-state index in [1.807, 2.05) is 31.2 Å². The number of fused-ring (bicyclic) bond motifs is 5. The lowest BCUT2D eigenvalue weighted by Crippen LogP contribution is -2.37. The van der Waals surface area contributed by atoms with Crippen LogP contribution in [0, 0.1) is 26.7 Å². The van der Waals surface area contributed by atoms with Gasteiger partial charge in [0.25, 0.3) is 0 Å². The Morgan fingerprint density at radius 1 is 1.20 bits per heavy atom. The maximum absolute atomic E-state index is 12.9. The summed E-state index contributed by atoms with van der Waals surface area (Å²) >= 11 is 2.22. The third kappa shape index (κ3) is 1.35. The summed E-state index contributed by atoms with van der Waals surface area (Å²) in [6.07, 6.45) is 5.21. The van der Waals surface area contributed by atoms with Crippen molar-refractivity contribution < 1.29 is 9.59 Å². The molecule has 3 nitrogen and oxygen atoms in total. The average Bonchev–Trinajstić information content (AvgIpc) is 3.05. The molecule has 1 aromatic carbocycles. The second kappa shape index (κ2) is 3.93. The molecule has 0 N–H and O–H groups in total. The zero-order valence-corrected chi connectivity index (χ0v) is 13.2. The third-order valence-electron chi connectivity index (χ3n) is 5.20. The Morgan fingerprint density at radius 2 is 1.90 bits per heavy atom. The summed E-state index contributed by atoms with van der Waals surface area (Å²) in [7, 11) is 0. The normalized spacial score (nSPS) is 37.9. The minimum atomic E-state index is -0.528. The van der Waals surface area contributed by atoms with Gasteiger partial charge in [-0.25, -0.2) is 4.90 Å². The summed E-state index contributed by atoms with van der Waals surface area (Å²) in [4.78, 5) is 27.0. The van der Waals surface area contributed by atoms with Gasteiger partial charge in [0.05, 0.1) is 17.0 Å². The summed E-state index contributed by atoms with van der Waals surface area (Å²) < 4.78 is 1.10. The lowest BCUT2D eigenvalue weighted by molar-refractivity contribution is -0.127. The van der Waals surface area contributed by atoms with Crippen molar-refractivity contribution in [3.63, 3.8) is 0 Å². The number of carbonyl (C=O) groups is 2. The Bertz CT molecular complexity index is 651. The number of hydrogen-bond donors (Lipinski definition) is 0. The topological polar surface area (TPSA) is 37.4 Å². The van der Waals surface area contributed by atoms with Crippen LogP contribution in [0.15, 0.2) is 36.4 Å². The summed E-state index contributed by atoms with van der Waals surface area (Å²) in [5.74, 6) is 0.267. The predicted octanol–water partition coefficient (Wildman–Crippen LogP) is 2.99. The first-order valence-electron chi connectivity index (χ1n) is 6.86. The third-order valence-corrected chi connectivity index (χ3v) is 5.92. The Kier molecular flexibility index (Phi) is 2.47. The molecule has 20 heavy (non-hydrogen) atoms. The van der Waals surface area contributed by atoms with Crippen LogP contribution in [0.1, 0.15) is 13.3 Å². The number of anilines is 1. The highest BCUT2D eigenvalue weighted by Crippen LogP contribution is 2.60. The minimum Gasteiger partial charge on any atom is -0.274 e. The number of imide groups is 1. The fourth-order valence-electron chi connectivity index (χ4n) is 4.14. The van der Waals surface area contributed by atoms with Gasteiger partial charge in [-0.3, -0.25) is 9.59 Å². The van der Waals surface area contributed by atoms with E-state index in [1.165, 1.54) is 4.90 Å². The largest absolute Gasteiger partial charge is 0.274 e. The molecule has 0 radical (unpaired) electrons. The first kappa shape index (κ1) is 12.6. The molecule has 0 unspecified atom stereocenters. The van der Waals surface area contributed by atoms with Gasteiger partial charge >= 0.3 is 0 Å². The Balaban J connectivity index is 1.80. The highest BCUT2D eigenvalue weighted by molar-refractivity contribution is 14.1. The van der Waals surface area contributed by atoms with E-state index >= 15 is 0 Å². The van der Waals surface area contributed by atoms with Crippen LogP contribution in [0.2, 0.25) is 0 Å². The first-order chi connectivity index (χ1) is 9.53. The molecule has 1 aliphatic heterocycles. The molecule has 4 rings (SSSR count). The number of amides is 2. The molecular formula is C16H14INO2. The Morgan fingerprint density at radius 3 is 2.55 bits per heavy atom. The number of allylic oxidation sites excluding steroid dienone is 2.